The van der Waals surface area contributed by atoms with Crippen molar-refractivity contribution in [3.8, 4) is 0 Å². The molecule has 4 nitrogen and oxygen atoms in total. The maximum absolute atomic E-state index is 11.5. The van der Waals surface area contributed by atoms with Gasteiger partial charge in [-0.1, -0.05) is 26.7 Å². The van der Waals surface area contributed by atoms with Crippen LogP contribution in [0.3, 0.4) is 0 Å². The summed E-state index contributed by atoms with van der Waals surface area (Å²) >= 11 is 1.56. The Bertz CT molecular complexity index is 511. The van der Waals surface area contributed by atoms with Crippen molar-refractivity contribution in [2.45, 2.75) is 63.8 Å². The number of aryl methyl sites for hydroxylation is 1. The van der Waals surface area contributed by atoms with Gasteiger partial charge in [-0.25, -0.2) is 14.8 Å². The van der Waals surface area contributed by atoms with Gasteiger partial charge in [-0.2, -0.15) is 0 Å². The molecule has 0 aliphatic heterocycles. The highest BCUT2D eigenvalue weighted by Crippen LogP contribution is 2.34. The molecule has 0 saturated heterocycles. The van der Waals surface area contributed by atoms with Gasteiger partial charge >= 0.3 is 5.97 Å². The molecule has 1 aliphatic carbocycles. The lowest BCUT2D eigenvalue weighted by atomic mass is 10.1. The summed E-state index contributed by atoms with van der Waals surface area (Å²) in [5.74, 6) is 1.86. The van der Waals surface area contributed by atoms with E-state index in [1.54, 1.807) is 18.7 Å². The first-order valence-corrected chi connectivity index (χ1v) is 8.72. The highest BCUT2D eigenvalue weighted by atomic mass is 32.2. The summed E-state index contributed by atoms with van der Waals surface area (Å²) in [6.45, 7) is 6.14. The molecule has 2 rings (SSSR count). The van der Waals surface area contributed by atoms with E-state index in [-0.39, 0.29) is 5.56 Å². The summed E-state index contributed by atoms with van der Waals surface area (Å²) < 4.78 is 0. The number of thioether (sulfide) groups is 1. The number of hydrogen-bond donors (Lipinski definition) is 1. The summed E-state index contributed by atoms with van der Waals surface area (Å²) in [5, 5.41) is 10.1. The van der Waals surface area contributed by atoms with Gasteiger partial charge in [0.15, 0.2) is 0 Å². The first-order valence-electron chi connectivity index (χ1n) is 7.73. The summed E-state index contributed by atoms with van der Waals surface area (Å²) in [6.07, 6.45) is 5.77. The van der Waals surface area contributed by atoms with Crippen LogP contribution in [0.4, 0.5) is 0 Å². The largest absolute Gasteiger partial charge is 0.478 e. The molecule has 1 aliphatic rings. The number of hydrogen-bond acceptors (Lipinski definition) is 4. The average Bonchev–Trinajstić information content (AvgIpc) is 2.90. The Morgan fingerprint density at radius 2 is 2.00 bits per heavy atom. The molecule has 1 fully saturated rings. The molecule has 0 radical (unpaired) electrons. The van der Waals surface area contributed by atoms with E-state index in [0.717, 1.165) is 30.8 Å². The standard InChI is InChI=1S/C16H24N2O2S/c1-10(2)8-9-21-15-13(16(19)20)11(3)17-14(18-15)12-6-4-5-7-12/h10,12H,4-9H2,1-3H3,(H,19,20). The van der Waals surface area contributed by atoms with Crippen LogP contribution >= 0.6 is 11.8 Å². The minimum absolute atomic E-state index is 0.283. The second-order valence-electron chi connectivity index (χ2n) is 6.16. The Labute approximate surface area is 130 Å². The van der Waals surface area contributed by atoms with Crippen LogP contribution in [0.2, 0.25) is 0 Å². The Morgan fingerprint density at radius 3 is 2.57 bits per heavy atom. The van der Waals surface area contributed by atoms with Crippen molar-refractivity contribution >= 4 is 17.7 Å². The van der Waals surface area contributed by atoms with Crippen LogP contribution in [0.5, 0.6) is 0 Å². The average molecular weight is 308 g/mol. The van der Waals surface area contributed by atoms with Crippen molar-refractivity contribution in [3.63, 3.8) is 0 Å². The number of nitrogens with zero attached hydrogens (tertiary/aromatic N) is 2. The van der Waals surface area contributed by atoms with Crippen LogP contribution < -0.4 is 0 Å². The third kappa shape index (κ3) is 4.19. The van der Waals surface area contributed by atoms with Gasteiger partial charge < -0.3 is 5.11 Å². The number of aromatic nitrogens is 2. The lowest BCUT2D eigenvalue weighted by molar-refractivity contribution is 0.0690. The van der Waals surface area contributed by atoms with Gasteiger partial charge in [0.05, 0.1) is 5.69 Å². The zero-order chi connectivity index (χ0) is 15.4. The first-order chi connectivity index (χ1) is 9.99. The van der Waals surface area contributed by atoms with Crippen molar-refractivity contribution in [2.75, 3.05) is 5.75 Å². The third-order valence-electron chi connectivity index (χ3n) is 3.94. The lowest BCUT2D eigenvalue weighted by Crippen LogP contribution is -2.11. The first kappa shape index (κ1) is 16.3. The summed E-state index contributed by atoms with van der Waals surface area (Å²) in [6, 6.07) is 0. The van der Waals surface area contributed by atoms with E-state index < -0.39 is 5.97 Å². The van der Waals surface area contributed by atoms with Crippen molar-refractivity contribution in [1.82, 2.24) is 9.97 Å². The molecule has 1 aromatic rings. The lowest BCUT2D eigenvalue weighted by Gasteiger charge is -2.14. The SMILES string of the molecule is Cc1nc(C2CCCC2)nc(SCCC(C)C)c1C(=O)O. The predicted octanol–water partition coefficient (Wildman–Crippen LogP) is 4.28. The van der Waals surface area contributed by atoms with Crippen LogP contribution in [0.25, 0.3) is 0 Å². The number of aromatic carboxylic acids is 1. The van der Waals surface area contributed by atoms with E-state index >= 15 is 0 Å². The van der Waals surface area contributed by atoms with Gasteiger partial charge in [0.2, 0.25) is 0 Å². The molecular weight excluding hydrogens is 284 g/mol. The zero-order valence-electron chi connectivity index (χ0n) is 13.1. The number of rotatable bonds is 6. The highest BCUT2D eigenvalue weighted by Gasteiger charge is 2.24. The van der Waals surface area contributed by atoms with E-state index in [4.69, 9.17) is 0 Å². The number of carboxylic acids is 1. The molecule has 0 bridgehead atoms. The quantitative estimate of drug-likeness (QED) is 0.628. The van der Waals surface area contributed by atoms with E-state index in [2.05, 4.69) is 23.8 Å². The molecule has 116 valence electrons. The molecule has 1 N–H and O–H groups in total. The molecule has 1 saturated carbocycles. The second kappa shape index (κ2) is 7.25. The number of carbonyl (C=O) groups is 1. The Morgan fingerprint density at radius 1 is 1.33 bits per heavy atom. The van der Waals surface area contributed by atoms with Crippen LogP contribution in [-0.4, -0.2) is 26.8 Å². The maximum atomic E-state index is 11.5. The topological polar surface area (TPSA) is 63.1 Å². The minimum atomic E-state index is -0.919. The predicted molar refractivity (Wildman–Crippen MR) is 85.1 cm³/mol. The van der Waals surface area contributed by atoms with Crippen LogP contribution in [0, 0.1) is 12.8 Å². The second-order valence-corrected chi connectivity index (χ2v) is 7.25. The molecule has 0 unspecified atom stereocenters. The maximum Gasteiger partial charge on any atom is 0.340 e. The Hall–Kier alpha value is -1.10. The summed E-state index contributed by atoms with van der Waals surface area (Å²) in [5.41, 5.74) is 0.886. The smallest absolute Gasteiger partial charge is 0.340 e. The molecule has 5 heteroatoms. The van der Waals surface area contributed by atoms with Crippen LogP contribution in [0.15, 0.2) is 5.03 Å². The van der Waals surface area contributed by atoms with Crippen molar-refractivity contribution in [1.29, 1.82) is 0 Å². The monoisotopic (exact) mass is 308 g/mol. The molecular formula is C16H24N2O2S. The van der Waals surface area contributed by atoms with Crippen molar-refractivity contribution < 1.29 is 9.90 Å². The minimum Gasteiger partial charge on any atom is -0.478 e. The van der Waals surface area contributed by atoms with Crippen molar-refractivity contribution in [3.05, 3.63) is 17.1 Å². The number of carboxylic acid groups (broad SMARTS) is 1. The Kier molecular flexibility index (Phi) is 5.62. The molecule has 0 amide bonds. The highest BCUT2D eigenvalue weighted by molar-refractivity contribution is 7.99. The van der Waals surface area contributed by atoms with Gasteiger partial charge in [0.25, 0.3) is 0 Å². The van der Waals surface area contributed by atoms with Gasteiger partial charge in [0, 0.05) is 5.92 Å². The van der Waals surface area contributed by atoms with E-state index in [1.807, 2.05) is 0 Å². The van der Waals surface area contributed by atoms with Gasteiger partial charge in [-0.05, 0) is 37.9 Å². The van der Waals surface area contributed by atoms with Gasteiger partial charge in [0.1, 0.15) is 16.4 Å². The Balaban J connectivity index is 2.26. The van der Waals surface area contributed by atoms with E-state index in [1.165, 1.54) is 12.8 Å². The fourth-order valence-corrected chi connectivity index (χ4v) is 4.00. The third-order valence-corrected chi connectivity index (χ3v) is 4.95. The van der Waals surface area contributed by atoms with E-state index in [9.17, 15) is 9.90 Å². The van der Waals surface area contributed by atoms with Crippen LogP contribution in [-0.2, 0) is 0 Å². The summed E-state index contributed by atoms with van der Waals surface area (Å²) in [4.78, 5) is 20.6. The zero-order valence-corrected chi connectivity index (χ0v) is 13.9. The summed E-state index contributed by atoms with van der Waals surface area (Å²) in [7, 11) is 0. The molecule has 21 heavy (non-hydrogen) atoms. The molecule has 0 aromatic carbocycles. The van der Waals surface area contributed by atoms with E-state index in [0.29, 0.717) is 22.6 Å². The normalized spacial score (nSPS) is 15.8. The van der Waals surface area contributed by atoms with Gasteiger partial charge in [-0.15, -0.1) is 11.8 Å². The molecule has 0 spiro atoms. The molecule has 0 atom stereocenters. The molecule has 1 heterocycles. The fourth-order valence-electron chi connectivity index (χ4n) is 2.68. The van der Waals surface area contributed by atoms with Crippen LogP contribution in [0.1, 0.15) is 73.7 Å². The van der Waals surface area contributed by atoms with Gasteiger partial charge in [-0.3, -0.25) is 0 Å². The van der Waals surface area contributed by atoms with Crippen molar-refractivity contribution in [2.24, 2.45) is 5.92 Å². The molecule has 1 aromatic heterocycles. The fraction of sp³-hybridized carbons (Fsp3) is 0.688.